The lowest BCUT2D eigenvalue weighted by molar-refractivity contribution is -0.274. The lowest BCUT2D eigenvalue weighted by atomic mass is 10.2. The Morgan fingerprint density at radius 2 is 1.86 bits per heavy atom. The second-order valence-electron chi connectivity index (χ2n) is 5.65. The maximum Gasteiger partial charge on any atom is 0.573 e. The first-order valence-electron chi connectivity index (χ1n) is 8.46. The number of thiazole rings is 1. The summed E-state index contributed by atoms with van der Waals surface area (Å²) in [6, 6.07) is 5.64. The number of aliphatic imine (C=N–C) groups is 1. The van der Waals surface area contributed by atoms with E-state index >= 15 is 0 Å². The van der Waals surface area contributed by atoms with Crippen LogP contribution in [0.4, 0.5) is 26.3 Å². The minimum atomic E-state index is -4.81. The molecule has 0 aliphatic carbocycles. The molecule has 0 saturated heterocycles. The minimum Gasteiger partial charge on any atom is -0.405 e. The highest BCUT2D eigenvalue weighted by atomic mass is 32.1. The van der Waals surface area contributed by atoms with Crippen molar-refractivity contribution in [2.45, 2.75) is 32.4 Å². The molecule has 0 radical (unpaired) electrons. The highest BCUT2D eigenvalue weighted by molar-refractivity contribution is 7.09. The van der Waals surface area contributed by atoms with Gasteiger partial charge in [0.25, 0.3) is 0 Å². The number of hydrogen-bond donors (Lipinski definition) is 2. The van der Waals surface area contributed by atoms with Crippen LogP contribution >= 0.6 is 11.3 Å². The first kappa shape index (κ1) is 22.8. The van der Waals surface area contributed by atoms with E-state index in [1.54, 1.807) is 13.0 Å². The van der Waals surface area contributed by atoms with E-state index in [1.807, 2.05) is 0 Å². The summed E-state index contributed by atoms with van der Waals surface area (Å²) in [6.45, 7) is 2.45. The van der Waals surface area contributed by atoms with Crippen LogP contribution in [0.3, 0.4) is 0 Å². The number of guanidine groups is 1. The number of nitrogens with one attached hydrogen (secondary N) is 2. The van der Waals surface area contributed by atoms with Gasteiger partial charge in [0, 0.05) is 30.5 Å². The molecule has 1 aromatic heterocycles. The van der Waals surface area contributed by atoms with Crippen molar-refractivity contribution < 1.29 is 31.1 Å². The molecule has 2 aromatic rings. The summed E-state index contributed by atoms with van der Waals surface area (Å²) in [4.78, 5) is 7.73. The van der Waals surface area contributed by atoms with Crippen LogP contribution in [0, 0.1) is 0 Å². The molecule has 0 spiro atoms. The highest BCUT2D eigenvalue weighted by Gasteiger charge is 2.33. The maximum absolute atomic E-state index is 12.6. The Hall–Kier alpha value is -2.50. The molecule has 5 nitrogen and oxygen atoms in total. The van der Waals surface area contributed by atoms with Gasteiger partial charge in [0.15, 0.2) is 11.7 Å². The zero-order valence-corrected chi connectivity index (χ0v) is 16.0. The number of hydrogen-bond acceptors (Lipinski definition) is 4. The SMILES string of the molecule is CCNC(=NCc1ccccc1OC(F)(F)F)NCCc1nc(C(F)(F)F)cs1. The summed E-state index contributed by atoms with van der Waals surface area (Å²) in [5.41, 5.74) is -0.698. The van der Waals surface area contributed by atoms with Gasteiger partial charge in [-0.1, -0.05) is 18.2 Å². The Bertz CT molecular complexity index is 819. The van der Waals surface area contributed by atoms with Crippen molar-refractivity contribution >= 4 is 17.3 Å². The van der Waals surface area contributed by atoms with Gasteiger partial charge in [-0.05, 0) is 13.0 Å². The third kappa shape index (κ3) is 7.80. The fraction of sp³-hybridized carbons (Fsp3) is 0.412. The van der Waals surface area contributed by atoms with Gasteiger partial charge in [-0.3, -0.25) is 0 Å². The van der Waals surface area contributed by atoms with Crippen LogP contribution in [0.2, 0.25) is 0 Å². The van der Waals surface area contributed by atoms with E-state index < -0.39 is 18.2 Å². The van der Waals surface area contributed by atoms with Gasteiger partial charge in [0.1, 0.15) is 5.75 Å². The van der Waals surface area contributed by atoms with Crippen molar-refractivity contribution in [3.8, 4) is 5.75 Å². The predicted molar refractivity (Wildman–Crippen MR) is 96.8 cm³/mol. The van der Waals surface area contributed by atoms with Gasteiger partial charge >= 0.3 is 12.5 Å². The Morgan fingerprint density at radius 1 is 1.14 bits per heavy atom. The van der Waals surface area contributed by atoms with Gasteiger partial charge < -0.3 is 15.4 Å². The van der Waals surface area contributed by atoms with Crippen molar-refractivity contribution in [3.63, 3.8) is 0 Å². The zero-order valence-electron chi connectivity index (χ0n) is 15.2. The highest BCUT2D eigenvalue weighted by Crippen LogP contribution is 2.30. The van der Waals surface area contributed by atoms with E-state index in [1.165, 1.54) is 18.2 Å². The molecule has 0 atom stereocenters. The van der Waals surface area contributed by atoms with Gasteiger partial charge in [-0.25, -0.2) is 9.98 Å². The number of para-hydroxylation sites is 1. The van der Waals surface area contributed by atoms with Crippen molar-refractivity contribution in [2.24, 2.45) is 4.99 Å². The molecule has 0 aliphatic rings. The standard InChI is InChI=1S/C17H18F6N4OS/c1-2-24-15(25-8-7-14-27-13(10-29-14)16(18,19)20)26-9-11-5-3-4-6-12(11)28-17(21,22)23/h3-6,10H,2,7-9H2,1H3,(H2,24,25,26). The molecule has 29 heavy (non-hydrogen) atoms. The van der Waals surface area contributed by atoms with E-state index in [-0.39, 0.29) is 30.8 Å². The fourth-order valence-electron chi connectivity index (χ4n) is 2.21. The van der Waals surface area contributed by atoms with Crippen LogP contribution in [0.25, 0.3) is 0 Å². The molecule has 12 heteroatoms. The van der Waals surface area contributed by atoms with Crippen molar-refractivity contribution in [2.75, 3.05) is 13.1 Å². The van der Waals surface area contributed by atoms with Crippen LogP contribution in [0.1, 0.15) is 23.2 Å². The average Bonchev–Trinajstić information content (AvgIpc) is 3.09. The molecule has 0 saturated carbocycles. The third-order valence-electron chi connectivity index (χ3n) is 3.42. The predicted octanol–water partition coefficient (Wildman–Crippen LogP) is 4.36. The molecule has 0 unspecified atom stereocenters. The number of alkyl halides is 6. The molecular formula is C17H18F6N4OS. The van der Waals surface area contributed by atoms with Crippen LogP contribution in [0.5, 0.6) is 5.75 Å². The van der Waals surface area contributed by atoms with E-state index in [0.717, 1.165) is 16.7 Å². The number of ether oxygens (including phenoxy) is 1. The molecule has 1 heterocycles. The Balaban J connectivity index is 1.97. The molecule has 160 valence electrons. The second kappa shape index (κ2) is 9.81. The molecule has 0 bridgehead atoms. The average molecular weight is 440 g/mol. The van der Waals surface area contributed by atoms with Crippen molar-refractivity contribution in [1.29, 1.82) is 0 Å². The monoisotopic (exact) mass is 440 g/mol. The Morgan fingerprint density at radius 3 is 2.48 bits per heavy atom. The zero-order chi connectivity index (χ0) is 21.5. The molecule has 1 aromatic carbocycles. The lowest BCUT2D eigenvalue weighted by Crippen LogP contribution is -2.38. The lowest BCUT2D eigenvalue weighted by Gasteiger charge is -2.13. The fourth-order valence-corrected chi connectivity index (χ4v) is 3.01. The molecule has 2 rings (SSSR count). The molecule has 0 aliphatic heterocycles. The largest absolute Gasteiger partial charge is 0.573 e. The van der Waals surface area contributed by atoms with E-state index in [0.29, 0.717) is 17.5 Å². The summed E-state index contributed by atoms with van der Waals surface area (Å²) in [7, 11) is 0. The van der Waals surface area contributed by atoms with E-state index in [9.17, 15) is 26.3 Å². The number of aromatic nitrogens is 1. The summed E-state index contributed by atoms with van der Waals surface area (Å²) in [6.07, 6.45) is -9.06. The van der Waals surface area contributed by atoms with Gasteiger partial charge in [-0.2, -0.15) is 13.2 Å². The van der Waals surface area contributed by atoms with Crippen LogP contribution in [-0.2, 0) is 19.1 Å². The van der Waals surface area contributed by atoms with E-state index in [2.05, 4.69) is 25.3 Å². The first-order chi connectivity index (χ1) is 13.6. The maximum atomic E-state index is 12.6. The summed E-state index contributed by atoms with van der Waals surface area (Å²) in [5, 5.41) is 7.09. The quantitative estimate of drug-likeness (QED) is 0.382. The van der Waals surface area contributed by atoms with Crippen LogP contribution in [0.15, 0.2) is 34.6 Å². The van der Waals surface area contributed by atoms with E-state index in [4.69, 9.17) is 0 Å². The first-order valence-corrected chi connectivity index (χ1v) is 9.34. The van der Waals surface area contributed by atoms with Gasteiger partial charge in [-0.15, -0.1) is 24.5 Å². The Labute approximate surface area is 166 Å². The number of benzene rings is 1. The normalized spacial score (nSPS) is 12.7. The summed E-state index contributed by atoms with van der Waals surface area (Å²) in [5.74, 6) is -0.0380. The molecule has 0 amide bonds. The topological polar surface area (TPSA) is 58.5 Å². The van der Waals surface area contributed by atoms with Gasteiger partial charge in [0.05, 0.1) is 11.6 Å². The van der Waals surface area contributed by atoms with Crippen molar-refractivity contribution in [3.05, 3.63) is 45.9 Å². The molecule has 2 N–H and O–H groups in total. The number of rotatable bonds is 7. The Kier molecular flexibility index (Phi) is 7.71. The minimum absolute atomic E-state index is 0.0862. The van der Waals surface area contributed by atoms with Crippen molar-refractivity contribution in [1.82, 2.24) is 15.6 Å². The molecule has 0 fully saturated rings. The van der Waals surface area contributed by atoms with Crippen LogP contribution in [-0.4, -0.2) is 30.4 Å². The smallest absolute Gasteiger partial charge is 0.405 e. The second-order valence-corrected chi connectivity index (χ2v) is 6.59. The van der Waals surface area contributed by atoms with Gasteiger partial charge in [0.2, 0.25) is 0 Å². The summed E-state index contributed by atoms with van der Waals surface area (Å²) >= 11 is 0.904. The summed E-state index contributed by atoms with van der Waals surface area (Å²) < 4.78 is 79.1. The number of nitrogens with zero attached hydrogens (tertiary/aromatic N) is 2. The third-order valence-corrected chi connectivity index (χ3v) is 4.33. The number of halogens is 6. The molecular weight excluding hydrogens is 422 g/mol. The van der Waals surface area contributed by atoms with Crippen LogP contribution < -0.4 is 15.4 Å².